The number of hydrogen-bond donors (Lipinski definition) is 0. The molecule has 0 aliphatic carbocycles. The molecule has 0 saturated carbocycles. The van der Waals surface area contributed by atoms with E-state index in [2.05, 4.69) is 0 Å². The summed E-state index contributed by atoms with van der Waals surface area (Å²) >= 11 is 0. The van der Waals surface area contributed by atoms with Gasteiger partial charge in [0.25, 0.3) is 0 Å². The molecule has 0 N–H and O–H groups in total. The molecule has 4 heavy (non-hydrogen) atoms. The zero-order valence-corrected chi connectivity index (χ0v) is 1.99. The molecular weight excluding hydrogens is 63.0 g/mol. The number of carbonyl (C=O) groups is 1. The van der Waals surface area contributed by atoms with E-state index in [0.29, 0.717) is 0 Å². The van der Waals surface area contributed by atoms with E-state index >= 15 is 0 Å². The van der Waals surface area contributed by atoms with Gasteiger partial charge in [-0.25, -0.2) is 0 Å². The Morgan fingerprint density at radius 3 is 2.00 bits per heavy atom. The Morgan fingerprint density at radius 2 is 2.00 bits per heavy atom. The average molecular weight is 69.1 g/mol. The van der Waals surface area contributed by atoms with Crippen molar-refractivity contribution in [3.63, 3.8) is 0 Å². The van der Waals surface area contributed by atoms with Crippen molar-refractivity contribution in [2.75, 3.05) is 0 Å². The molecule has 2 heteroatoms. The van der Waals surface area contributed by atoms with Crippen molar-refractivity contribution < 1.29 is 6.22 Å². The van der Waals surface area contributed by atoms with Gasteiger partial charge in [0.2, 0.25) is 0 Å². The summed E-state index contributed by atoms with van der Waals surface area (Å²) in [4.78, 5) is 8.81. The van der Waals surface area contributed by atoms with Gasteiger partial charge in [0.05, 0.1) is 0 Å². The molecule has 0 aliphatic heterocycles. The molecule has 0 spiro atoms. The topological polar surface area (TPSA) is 17.1 Å². The van der Waals surface area contributed by atoms with Gasteiger partial charge >= 0.3 is 31.0 Å². The zero-order valence-electron chi connectivity index (χ0n) is 2.99. The van der Waals surface area contributed by atoms with Crippen molar-refractivity contribution in [2.45, 2.75) is 6.92 Å². The summed E-state index contributed by atoms with van der Waals surface area (Å²) in [5.74, 6) is 0. The van der Waals surface area contributed by atoms with Gasteiger partial charge in [0, 0.05) is 0 Å². The molecule has 0 aromatic carbocycles. The summed E-state index contributed by atoms with van der Waals surface area (Å²) in [5.41, 5.74) is 0. The van der Waals surface area contributed by atoms with Crippen LogP contribution in [0.1, 0.15) is 8.35 Å². The maximum absolute atomic E-state index is 8.81. The minimum atomic E-state index is 0. The predicted molar refractivity (Wildman–Crippen MR) is 20.0 cm³/mol. The molecule has 0 aromatic heterocycles. The Kier molecular flexibility index (Phi) is 20.7. The molecule has 0 atom stereocenters. The third-order valence-electron chi connectivity index (χ3n) is 0. The molecule has 0 aromatic rings. The Balaban J connectivity index is -0.0000000200. The van der Waals surface area contributed by atoms with Crippen LogP contribution in [0.5, 0.6) is 0 Å². The SMILES string of the molecule is CC=O.[H+].[NaH]. The molecule has 0 fully saturated rings. The van der Waals surface area contributed by atoms with Crippen LogP contribution in [0.25, 0.3) is 0 Å². The molecule has 0 amide bonds. The molecule has 0 saturated heterocycles. The summed E-state index contributed by atoms with van der Waals surface area (Å²) in [5, 5.41) is 0. The fourth-order valence-corrected chi connectivity index (χ4v) is 0. The van der Waals surface area contributed by atoms with E-state index < -0.39 is 0 Å². The first-order chi connectivity index (χ1) is 1.41. The molecule has 1 nitrogen and oxygen atoms in total. The van der Waals surface area contributed by atoms with E-state index in [9.17, 15) is 0 Å². The quantitative estimate of drug-likeness (QED) is 0.281. The summed E-state index contributed by atoms with van der Waals surface area (Å²) in [6.45, 7) is 1.44. The van der Waals surface area contributed by atoms with Crippen LogP contribution in [-0.2, 0) is 4.79 Å². The fourth-order valence-electron chi connectivity index (χ4n) is 0. The van der Waals surface area contributed by atoms with E-state index in [4.69, 9.17) is 4.79 Å². The van der Waals surface area contributed by atoms with Gasteiger partial charge in [0.15, 0.2) is 0 Å². The van der Waals surface area contributed by atoms with E-state index in [0.717, 1.165) is 6.29 Å². The number of hydrogen-bond acceptors (Lipinski definition) is 1. The molecule has 0 rings (SSSR count). The van der Waals surface area contributed by atoms with Crippen LogP contribution in [0.2, 0.25) is 0 Å². The van der Waals surface area contributed by atoms with E-state index in [1.54, 1.807) is 0 Å². The van der Waals surface area contributed by atoms with Crippen molar-refractivity contribution in [3.8, 4) is 0 Å². The number of carbonyl (C=O) groups excluding carboxylic acids is 1. The third kappa shape index (κ3) is 16.6. The van der Waals surface area contributed by atoms with Gasteiger partial charge in [-0.3, -0.25) is 0 Å². The van der Waals surface area contributed by atoms with Crippen molar-refractivity contribution in [3.05, 3.63) is 0 Å². The third-order valence-corrected chi connectivity index (χ3v) is 0. The van der Waals surface area contributed by atoms with Gasteiger partial charge in [0.1, 0.15) is 6.29 Å². The zero-order chi connectivity index (χ0) is 2.71. The molecule has 0 heterocycles. The van der Waals surface area contributed by atoms with Crippen LogP contribution >= 0.6 is 0 Å². The summed E-state index contributed by atoms with van der Waals surface area (Å²) in [6, 6.07) is 0. The number of aldehydes is 1. The van der Waals surface area contributed by atoms with Crippen LogP contribution in [0.3, 0.4) is 0 Å². The fraction of sp³-hybridized carbons (Fsp3) is 0.500. The van der Waals surface area contributed by atoms with Crippen LogP contribution < -0.4 is 0 Å². The summed E-state index contributed by atoms with van der Waals surface area (Å²) in [6.07, 6.45) is 0.750. The van der Waals surface area contributed by atoms with Crippen molar-refractivity contribution in [1.29, 1.82) is 0 Å². The molecule has 20 valence electrons. The van der Waals surface area contributed by atoms with E-state index in [1.807, 2.05) is 0 Å². The Bertz CT molecular complexity index is 17.1. The van der Waals surface area contributed by atoms with Crippen LogP contribution in [-0.4, -0.2) is 35.8 Å². The Hall–Kier alpha value is 0.670. The van der Waals surface area contributed by atoms with Crippen molar-refractivity contribution in [2.24, 2.45) is 0 Å². The molecule has 0 aliphatic rings. The summed E-state index contributed by atoms with van der Waals surface area (Å²) < 4.78 is 0. The monoisotopic (exact) mass is 69.0 g/mol. The minimum absolute atomic E-state index is 0. The number of rotatable bonds is 0. The Morgan fingerprint density at radius 1 is 2.00 bits per heavy atom. The maximum atomic E-state index is 8.81. The second-order valence-electron chi connectivity index (χ2n) is 0.236. The van der Waals surface area contributed by atoms with Gasteiger partial charge in [-0.1, -0.05) is 0 Å². The predicted octanol–water partition coefficient (Wildman–Crippen LogP) is -0.331. The summed E-state index contributed by atoms with van der Waals surface area (Å²) in [7, 11) is 0. The average Bonchev–Trinajstić information content (AvgIpc) is 0.918. The van der Waals surface area contributed by atoms with Crippen LogP contribution in [0.4, 0.5) is 0 Å². The first-order valence-electron chi connectivity index (χ1n) is 0.813. The van der Waals surface area contributed by atoms with Crippen LogP contribution in [0, 0.1) is 0 Å². The Labute approximate surface area is 49.2 Å². The van der Waals surface area contributed by atoms with E-state index in [1.165, 1.54) is 6.92 Å². The van der Waals surface area contributed by atoms with Crippen LogP contribution in [0.15, 0.2) is 0 Å². The van der Waals surface area contributed by atoms with E-state index in [-0.39, 0.29) is 31.0 Å². The molecular formula is C2H6NaO+. The second kappa shape index (κ2) is 9.38. The second-order valence-corrected chi connectivity index (χ2v) is 0.236. The van der Waals surface area contributed by atoms with Gasteiger partial charge in [-0.15, -0.1) is 0 Å². The normalized spacial score (nSPS) is 3.25. The standard InChI is InChI=1S/C2H4O.Na.H/c1-2-3;;/h2H,1H3;;/p+1. The first kappa shape index (κ1) is 8.82. The van der Waals surface area contributed by atoms with Gasteiger partial charge in [-0.05, 0) is 6.92 Å². The molecule has 0 radical (unpaired) electrons. The first-order valence-corrected chi connectivity index (χ1v) is 0.813. The van der Waals surface area contributed by atoms with Crippen molar-refractivity contribution >= 4 is 35.8 Å². The molecule has 0 bridgehead atoms. The molecule has 0 unspecified atom stereocenters. The van der Waals surface area contributed by atoms with Gasteiger partial charge in [-0.2, -0.15) is 0 Å². The van der Waals surface area contributed by atoms with Gasteiger partial charge < -0.3 is 4.79 Å². The van der Waals surface area contributed by atoms with Crippen molar-refractivity contribution in [1.82, 2.24) is 0 Å².